The molecule has 1 amide bonds. The zero-order valence-electron chi connectivity index (χ0n) is 20.6. The topological polar surface area (TPSA) is 95.9 Å². The van der Waals surface area contributed by atoms with Crippen LogP contribution in [0.4, 0.5) is 0 Å². The quantitative estimate of drug-likeness (QED) is 0.287. The van der Waals surface area contributed by atoms with Crippen molar-refractivity contribution in [3.05, 3.63) is 72.3 Å². The summed E-state index contributed by atoms with van der Waals surface area (Å²) in [5.41, 5.74) is 2.70. The standard InChI is InChI=1S/C27H34N2O5S/c1-19(2)14-15-29(26(20(3)4)27(30)28-31)35(32,33)25-13-11-22-16-24(12-10-23(22)17-25)34-18-21-8-6-5-7-9-21/h5-13,16-17,19-20,26,31H,14-15,18H2,1-4H3,(H,28,30)/t26-/m1/s1. The second-order valence-corrected chi connectivity index (χ2v) is 11.3. The van der Waals surface area contributed by atoms with E-state index in [1.54, 1.807) is 37.5 Å². The van der Waals surface area contributed by atoms with Crippen molar-refractivity contribution in [3.63, 3.8) is 0 Å². The van der Waals surface area contributed by atoms with Crippen molar-refractivity contribution in [2.24, 2.45) is 11.8 Å². The van der Waals surface area contributed by atoms with Crippen LogP contribution >= 0.6 is 0 Å². The number of carbonyl (C=O) groups excluding carboxylic acids is 1. The van der Waals surface area contributed by atoms with E-state index in [0.717, 1.165) is 16.3 Å². The van der Waals surface area contributed by atoms with Gasteiger partial charge in [0.25, 0.3) is 5.91 Å². The van der Waals surface area contributed by atoms with Gasteiger partial charge in [0.05, 0.1) is 4.90 Å². The molecule has 0 saturated heterocycles. The molecule has 0 heterocycles. The minimum Gasteiger partial charge on any atom is -0.489 e. The van der Waals surface area contributed by atoms with Crippen molar-refractivity contribution in [2.75, 3.05) is 6.54 Å². The molecule has 0 aliphatic carbocycles. The Bertz CT molecular complexity index is 1240. The number of nitrogens with one attached hydrogen (secondary N) is 1. The maximum atomic E-state index is 13.7. The average molecular weight is 499 g/mol. The second-order valence-electron chi connectivity index (χ2n) is 9.41. The lowest BCUT2D eigenvalue weighted by molar-refractivity contribution is -0.134. The summed E-state index contributed by atoms with van der Waals surface area (Å²) in [6.45, 7) is 8.11. The van der Waals surface area contributed by atoms with E-state index in [0.29, 0.717) is 18.8 Å². The highest BCUT2D eigenvalue weighted by Crippen LogP contribution is 2.28. The highest BCUT2D eigenvalue weighted by Gasteiger charge is 2.37. The summed E-state index contributed by atoms with van der Waals surface area (Å²) in [7, 11) is -4.01. The highest BCUT2D eigenvalue weighted by molar-refractivity contribution is 7.89. The Balaban J connectivity index is 1.91. The van der Waals surface area contributed by atoms with Crippen molar-refractivity contribution >= 4 is 26.7 Å². The van der Waals surface area contributed by atoms with Gasteiger partial charge in [0, 0.05) is 6.54 Å². The molecule has 0 spiro atoms. The Hall–Kier alpha value is -2.94. The summed E-state index contributed by atoms with van der Waals surface area (Å²) in [5, 5.41) is 10.9. The van der Waals surface area contributed by atoms with Crippen LogP contribution in [0.3, 0.4) is 0 Å². The molecule has 1 atom stereocenters. The van der Waals surface area contributed by atoms with Gasteiger partial charge in [-0.15, -0.1) is 0 Å². The summed E-state index contributed by atoms with van der Waals surface area (Å²) in [6, 6.07) is 19.2. The van der Waals surface area contributed by atoms with Crippen LogP contribution in [-0.4, -0.2) is 36.4 Å². The fourth-order valence-electron chi connectivity index (χ4n) is 3.95. The van der Waals surface area contributed by atoms with E-state index in [9.17, 15) is 18.4 Å². The van der Waals surface area contributed by atoms with E-state index in [4.69, 9.17) is 4.74 Å². The van der Waals surface area contributed by atoms with Crippen molar-refractivity contribution in [1.82, 2.24) is 9.79 Å². The first-order valence-corrected chi connectivity index (χ1v) is 13.2. The molecule has 0 bridgehead atoms. The normalized spacial score (nSPS) is 12.9. The van der Waals surface area contributed by atoms with Crippen LogP contribution in [0, 0.1) is 11.8 Å². The molecule has 3 aromatic rings. The van der Waals surface area contributed by atoms with Crippen LogP contribution in [0.25, 0.3) is 10.8 Å². The smallest absolute Gasteiger partial charge is 0.262 e. The van der Waals surface area contributed by atoms with Crippen LogP contribution in [0.5, 0.6) is 5.75 Å². The van der Waals surface area contributed by atoms with E-state index < -0.39 is 22.0 Å². The Morgan fingerprint density at radius 1 is 0.971 bits per heavy atom. The number of sulfonamides is 1. The van der Waals surface area contributed by atoms with Crippen LogP contribution < -0.4 is 10.2 Å². The molecule has 0 aliphatic heterocycles. The zero-order chi connectivity index (χ0) is 25.6. The summed E-state index contributed by atoms with van der Waals surface area (Å²) >= 11 is 0. The fourth-order valence-corrected chi connectivity index (χ4v) is 5.73. The summed E-state index contributed by atoms with van der Waals surface area (Å²) < 4.78 is 34.5. The number of fused-ring (bicyclic) bond motifs is 1. The van der Waals surface area contributed by atoms with Crippen LogP contribution in [0.2, 0.25) is 0 Å². The molecule has 7 nitrogen and oxygen atoms in total. The van der Waals surface area contributed by atoms with Crippen molar-refractivity contribution in [3.8, 4) is 5.75 Å². The molecule has 3 rings (SSSR count). The number of carbonyl (C=O) groups is 1. The molecule has 2 N–H and O–H groups in total. The first kappa shape index (κ1) is 26.7. The van der Waals surface area contributed by atoms with Gasteiger partial charge in [0.2, 0.25) is 10.0 Å². The zero-order valence-corrected chi connectivity index (χ0v) is 21.5. The van der Waals surface area contributed by atoms with Gasteiger partial charge in [-0.1, -0.05) is 70.2 Å². The molecular formula is C27H34N2O5S. The molecule has 0 aliphatic rings. The average Bonchev–Trinajstić information content (AvgIpc) is 2.84. The predicted molar refractivity (Wildman–Crippen MR) is 137 cm³/mol. The number of benzene rings is 3. The number of hydroxylamine groups is 1. The first-order valence-electron chi connectivity index (χ1n) is 11.8. The van der Waals surface area contributed by atoms with Gasteiger partial charge in [-0.25, -0.2) is 13.9 Å². The van der Waals surface area contributed by atoms with E-state index in [1.807, 2.05) is 62.4 Å². The number of amides is 1. The van der Waals surface area contributed by atoms with Gasteiger partial charge >= 0.3 is 0 Å². The fraction of sp³-hybridized carbons (Fsp3) is 0.370. The number of hydrogen-bond donors (Lipinski definition) is 2. The molecule has 35 heavy (non-hydrogen) atoms. The van der Waals surface area contributed by atoms with Gasteiger partial charge in [-0.3, -0.25) is 10.0 Å². The van der Waals surface area contributed by atoms with Crippen molar-refractivity contribution in [2.45, 2.75) is 51.7 Å². The third kappa shape index (κ3) is 6.60. The molecule has 3 aromatic carbocycles. The van der Waals surface area contributed by atoms with E-state index in [1.165, 1.54) is 4.31 Å². The first-order chi connectivity index (χ1) is 16.6. The van der Waals surface area contributed by atoms with Gasteiger partial charge in [-0.2, -0.15) is 4.31 Å². The Morgan fingerprint density at radius 2 is 1.63 bits per heavy atom. The predicted octanol–water partition coefficient (Wildman–Crippen LogP) is 4.99. The second kappa shape index (κ2) is 11.7. The van der Waals surface area contributed by atoms with E-state index in [2.05, 4.69) is 0 Å². The third-order valence-corrected chi connectivity index (χ3v) is 7.76. The van der Waals surface area contributed by atoms with E-state index >= 15 is 0 Å². The number of hydrogen-bond acceptors (Lipinski definition) is 5. The number of nitrogens with zero attached hydrogens (tertiary/aromatic N) is 1. The molecule has 188 valence electrons. The molecule has 0 saturated carbocycles. The lowest BCUT2D eigenvalue weighted by Gasteiger charge is -2.32. The van der Waals surface area contributed by atoms with Gasteiger partial charge in [0.15, 0.2) is 0 Å². The molecule has 0 aromatic heterocycles. The number of rotatable bonds is 11. The molecular weight excluding hydrogens is 464 g/mol. The van der Waals surface area contributed by atoms with Crippen LogP contribution in [0.1, 0.15) is 39.7 Å². The molecule has 8 heteroatoms. The summed E-state index contributed by atoms with van der Waals surface area (Å²) in [5.74, 6) is -0.152. The van der Waals surface area contributed by atoms with Crippen LogP contribution in [0.15, 0.2) is 71.6 Å². The highest BCUT2D eigenvalue weighted by atomic mass is 32.2. The Kier molecular flexibility index (Phi) is 8.88. The lowest BCUT2D eigenvalue weighted by atomic mass is 10.0. The van der Waals surface area contributed by atoms with Crippen molar-refractivity contribution in [1.29, 1.82) is 0 Å². The Labute approximate surface area is 207 Å². The van der Waals surface area contributed by atoms with Crippen molar-refractivity contribution < 1.29 is 23.2 Å². The number of ether oxygens (including phenoxy) is 1. The maximum Gasteiger partial charge on any atom is 0.262 e. The maximum absolute atomic E-state index is 13.7. The van der Waals surface area contributed by atoms with E-state index in [-0.39, 0.29) is 23.3 Å². The summed E-state index contributed by atoms with van der Waals surface area (Å²) in [4.78, 5) is 12.6. The molecule has 0 unspecified atom stereocenters. The minimum atomic E-state index is -4.01. The van der Waals surface area contributed by atoms with Crippen LogP contribution in [-0.2, 0) is 21.4 Å². The minimum absolute atomic E-state index is 0.100. The lowest BCUT2D eigenvalue weighted by Crippen LogP contribution is -2.52. The van der Waals surface area contributed by atoms with Gasteiger partial charge in [-0.05, 0) is 58.9 Å². The largest absolute Gasteiger partial charge is 0.489 e. The van der Waals surface area contributed by atoms with Gasteiger partial charge < -0.3 is 4.74 Å². The SMILES string of the molecule is CC(C)CCN([C@@H](C(=O)NO)C(C)C)S(=O)(=O)c1ccc2cc(OCc3ccccc3)ccc2c1. The monoisotopic (exact) mass is 498 g/mol. The molecule has 0 radical (unpaired) electrons. The summed E-state index contributed by atoms with van der Waals surface area (Å²) in [6.07, 6.45) is 0.580. The Morgan fingerprint density at radius 3 is 2.26 bits per heavy atom. The third-order valence-electron chi connectivity index (χ3n) is 5.89. The molecule has 0 fully saturated rings. The van der Waals surface area contributed by atoms with Gasteiger partial charge in [0.1, 0.15) is 18.4 Å².